The van der Waals surface area contributed by atoms with Gasteiger partial charge in [-0.15, -0.1) is 0 Å². The fourth-order valence-electron chi connectivity index (χ4n) is 4.47. The Morgan fingerprint density at radius 3 is 2.82 bits per heavy atom. The summed E-state index contributed by atoms with van der Waals surface area (Å²) in [5, 5.41) is 11.2. The number of nitrogens with zero attached hydrogens (tertiary/aromatic N) is 4. The number of aryl methyl sites for hydroxylation is 1. The number of carbonyl (C=O) groups is 1. The Labute approximate surface area is 189 Å². The van der Waals surface area contributed by atoms with Crippen molar-refractivity contribution < 1.29 is 14.3 Å². The minimum absolute atomic E-state index is 0.0267. The van der Waals surface area contributed by atoms with E-state index in [1.54, 1.807) is 12.3 Å². The molecular formula is C25H22FN5O2. The number of phenolic OH excluding ortho intramolecular Hbond substituents is 1. The molecule has 1 aliphatic rings. The number of hydrogen-bond acceptors (Lipinski definition) is 6. The molecule has 0 saturated carbocycles. The van der Waals surface area contributed by atoms with Gasteiger partial charge < -0.3 is 15.7 Å². The van der Waals surface area contributed by atoms with Gasteiger partial charge in [0, 0.05) is 30.6 Å². The maximum Gasteiger partial charge on any atom is 0.267 e. The Morgan fingerprint density at radius 2 is 2.03 bits per heavy atom. The molecule has 2 aromatic carbocycles. The molecule has 1 fully saturated rings. The number of primary amides is 1. The second-order valence-corrected chi connectivity index (χ2v) is 8.26. The quantitative estimate of drug-likeness (QED) is 0.495. The third kappa shape index (κ3) is 3.73. The lowest BCUT2D eigenvalue weighted by Crippen LogP contribution is -2.23. The summed E-state index contributed by atoms with van der Waals surface area (Å²) in [6.45, 7) is 3.23. The Bertz CT molecular complexity index is 1370. The average Bonchev–Trinajstić information content (AvgIpc) is 3.28. The van der Waals surface area contributed by atoms with Crippen molar-refractivity contribution in [2.24, 2.45) is 5.73 Å². The van der Waals surface area contributed by atoms with Gasteiger partial charge in [-0.05, 0) is 54.8 Å². The summed E-state index contributed by atoms with van der Waals surface area (Å²) < 4.78 is 14.6. The minimum Gasteiger partial charge on any atom is -0.507 e. The first-order valence-corrected chi connectivity index (χ1v) is 10.7. The third-order valence-electron chi connectivity index (χ3n) is 6.05. The zero-order valence-corrected chi connectivity index (χ0v) is 18.0. The van der Waals surface area contributed by atoms with Gasteiger partial charge in [0.15, 0.2) is 5.82 Å². The summed E-state index contributed by atoms with van der Waals surface area (Å²) in [5.41, 5.74) is 8.28. The highest BCUT2D eigenvalue weighted by atomic mass is 19.1. The smallest absolute Gasteiger partial charge is 0.267 e. The molecule has 1 amide bonds. The summed E-state index contributed by atoms with van der Waals surface area (Å²) in [4.78, 5) is 27.4. The predicted octanol–water partition coefficient (Wildman–Crippen LogP) is 3.94. The van der Waals surface area contributed by atoms with Crippen molar-refractivity contribution in [2.45, 2.75) is 19.3 Å². The molecule has 0 unspecified atom stereocenters. The van der Waals surface area contributed by atoms with Crippen LogP contribution in [0.1, 0.15) is 34.0 Å². The van der Waals surface area contributed by atoms with Crippen molar-refractivity contribution >= 4 is 22.6 Å². The number of amides is 1. The van der Waals surface area contributed by atoms with Crippen LogP contribution in [0.2, 0.25) is 0 Å². The molecule has 1 atom stereocenters. The van der Waals surface area contributed by atoms with Crippen LogP contribution in [-0.4, -0.2) is 39.1 Å². The van der Waals surface area contributed by atoms with E-state index in [9.17, 15) is 14.3 Å². The van der Waals surface area contributed by atoms with Gasteiger partial charge in [-0.1, -0.05) is 18.2 Å². The van der Waals surface area contributed by atoms with Gasteiger partial charge in [0.05, 0.1) is 11.1 Å². The molecule has 0 bridgehead atoms. The van der Waals surface area contributed by atoms with Gasteiger partial charge in [0.2, 0.25) is 0 Å². The number of rotatable bonds is 4. The molecule has 1 saturated heterocycles. The van der Waals surface area contributed by atoms with E-state index >= 15 is 0 Å². The van der Waals surface area contributed by atoms with Crippen LogP contribution in [0.25, 0.3) is 22.3 Å². The number of pyridine rings is 1. The molecule has 0 spiro atoms. The van der Waals surface area contributed by atoms with Crippen LogP contribution in [0.5, 0.6) is 5.75 Å². The van der Waals surface area contributed by atoms with Crippen LogP contribution in [-0.2, 0) is 0 Å². The van der Waals surface area contributed by atoms with Gasteiger partial charge in [-0.2, -0.15) is 0 Å². The molecule has 8 heteroatoms. The summed E-state index contributed by atoms with van der Waals surface area (Å²) >= 11 is 0. The van der Waals surface area contributed by atoms with Gasteiger partial charge in [0.25, 0.3) is 5.91 Å². The number of nitrogens with two attached hydrogens (primary N) is 1. The van der Waals surface area contributed by atoms with E-state index in [4.69, 9.17) is 10.7 Å². The molecular weight excluding hydrogens is 421 g/mol. The number of anilines is 1. The molecule has 0 aliphatic carbocycles. The monoisotopic (exact) mass is 443 g/mol. The van der Waals surface area contributed by atoms with E-state index in [-0.39, 0.29) is 28.7 Å². The number of phenols is 1. The van der Waals surface area contributed by atoms with E-state index in [0.29, 0.717) is 24.4 Å². The van der Waals surface area contributed by atoms with Crippen molar-refractivity contribution in [1.82, 2.24) is 15.0 Å². The third-order valence-corrected chi connectivity index (χ3v) is 6.05. The first-order chi connectivity index (χ1) is 15.9. The second kappa shape index (κ2) is 8.12. The lowest BCUT2D eigenvalue weighted by Gasteiger charge is -2.21. The molecule has 1 aliphatic heterocycles. The Balaban J connectivity index is 1.61. The van der Waals surface area contributed by atoms with Gasteiger partial charge in [-0.3, -0.25) is 9.78 Å². The van der Waals surface area contributed by atoms with E-state index in [2.05, 4.69) is 14.9 Å². The highest BCUT2D eigenvalue weighted by molar-refractivity contribution is 5.93. The number of benzene rings is 2. The van der Waals surface area contributed by atoms with E-state index in [1.807, 2.05) is 31.2 Å². The summed E-state index contributed by atoms with van der Waals surface area (Å²) in [6.07, 6.45) is 2.34. The zero-order chi connectivity index (χ0) is 23.1. The molecule has 4 aromatic rings. The van der Waals surface area contributed by atoms with E-state index in [0.717, 1.165) is 22.9 Å². The zero-order valence-electron chi connectivity index (χ0n) is 18.0. The summed E-state index contributed by atoms with van der Waals surface area (Å²) in [6, 6.07) is 13.7. The maximum atomic E-state index is 14.6. The fraction of sp³-hybridized carbons (Fsp3) is 0.200. The van der Waals surface area contributed by atoms with Crippen molar-refractivity contribution in [3.05, 3.63) is 77.4 Å². The standard InChI is InChI=1S/C25H22FN5O2/c1-14-7-8-17-19(12-14)29-24(21-18(26)5-2-6-20(21)32)30-25(17)31-11-9-15(13-31)16-4-3-10-28-22(16)23(27)33/h2-8,10,12,15,32H,9,11,13H2,1H3,(H2,27,33)/t15-/m0/s1. The van der Waals surface area contributed by atoms with Crippen LogP contribution < -0.4 is 10.6 Å². The van der Waals surface area contributed by atoms with Crippen LogP contribution >= 0.6 is 0 Å². The molecule has 0 radical (unpaired) electrons. The van der Waals surface area contributed by atoms with E-state index in [1.165, 1.54) is 18.2 Å². The number of aromatic hydroxyl groups is 1. The Hall–Kier alpha value is -4.07. The molecule has 33 heavy (non-hydrogen) atoms. The Morgan fingerprint density at radius 1 is 1.18 bits per heavy atom. The average molecular weight is 443 g/mol. The van der Waals surface area contributed by atoms with E-state index < -0.39 is 11.7 Å². The van der Waals surface area contributed by atoms with Crippen molar-refractivity contribution in [3.8, 4) is 17.1 Å². The highest BCUT2D eigenvalue weighted by Crippen LogP contribution is 2.37. The molecule has 5 rings (SSSR count). The fourth-order valence-corrected chi connectivity index (χ4v) is 4.47. The number of hydrogen-bond donors (Lipinski definition) is 2. The minimum atomic E-state index is -0.589. The van der Waals surface area contributed by atoms with Crippen LogP contribution in [0.15, 0.2) is 54.7 Å². The molecule has 2 aromatic heterocycles. The Kier molecular flexibility index (Phi) is 5.12. The number of aromatic nitrogens is 3. The van der Waals surface area contributed by atoms with Crippen molar-refractivity contribution in [2.75, 3.05) is 18.0 Å². The molecule has 166 valence electrons. The van der Waals surface area contributed by atoms with Crippen LogP contribution in [0, 0.1) is 12.7 Å². The van der Waals surface area contributed by atoms with Crippen LogP contribution in [0.4, 0.5) is 10.2 Å². The molecule has 7 nitrogen and oxygen atoms in total. The highest BCUT2D eigenvalue weighted by Gasteiger charge is 2.30. The first-order valence-electron chi connectivity index (χ1n) is 10.7. The second-order valence-electron chi connectivity index (χ2n) is 8.26. The number of halogens is 1. The topological polar surface area (TPSA) is 105 Å². The maximum absolute atomic E-state index is 14.6. The van der Waals surface area contributed by atoms with Crippen molar-refractivity contribution in [3.63, 3.8) is 0 Å². The first kappa shape index (κ1) is 20.8. The molecule has 3 heterocycles. The van der Waals surface area contributed by atoms with Gasteiger partial charge in [0.1, 0.15) is 23.1 Å². The van der Waals surface area contributed by atoms with Crippen molar-refractivity contribution in [1.29, 1.82) is 0 Å². The number of fused-ring (bicyclic) bond motifs is 1. The summed E-state index contributed by atoms with van der Waals surface area (Å²) in [5.74, 6) is -0.528. The summed E-state index contributed by atoms with van der Waals surface area (Å²) in [7, 11) is 0. The SMILES string of the molecule is Cc1ccc2c(N3CC[C@H](c4cccnc4C(N)=O)C3)nc(-c3c(O)cccc3F)nc2c1. The van der Waals surface area contributed by atoms with Gasteiger partial charge in [-0.25, -0.2) is 14.4 Å². The number of carbonyl (C=O) groups excluding carboxylic acids is 1. The van der Waals surface area contributed by atoms with Gasteiger partial charge >= 0.3 is 0 Å². The largest absolute Gasteiger partial charge is 0.507 e. The normalized spacial score (nSPS) is 15.8. The lowest BCUT2D eigenvalue weighted by atomic mass is 9.96. The lowest BCUT2D eigenvalue weighted by molar-refractivity contribution is 0.0994. The predicted molar refractivity (Wildman–Crippen MR) is 124 cm³/mol. The van der Waals surface area contributed by atoms with Crippen LogP contribution in [0.3, 0.4) is 0 Å². The molecule has 3 N–H and O–H groups in total.